The van der Waals surface area contributed by atoms with Gasteiger partial charge in [-0.25, -0.2) is 10.3 Å². The molecular weight excluding hydrogens is 416 g/mol. The van der Waals surface area contributed by atoms with Gasteiger partial charge in [-0.3, -0.25) is 4.79 Å². The highest BCUT2D eigenvalue weighted by Crippen LogP contribution is 2.44. The molecule has 6 nitrogen and oxygen atoms in total. The monoisotopic (exact) mass is 440 g/mol. The number of carboxylic acid groups (broad SMARTS) is 1. The molecule has 0 bridgehead atoms. The van der Waals surface area contributed by atoms with Gasteiger partial charge in [0.15, 0.2) is 0 Å². The summed E-state index contributed by atoms with van der Waals surface area (Å²) in [6.07, 6.45) is 6.09. The third-order valence-electron chi connectivity index (χ3n) is 5.14. The van der Waals surface area contributed by atoms with E-state index in [1.54, 1.807) is 18.2 Å². The Kier molecular flexibility index (Phi) is 7.63. The van der Waals surface area contributed by atoms with E-state index in [1.165, 1.54) is 17.7 Å². The Hall–Kier alpha value is -2.93. The highest BCUT2D eigenvalue weighted by atomic mass is 35.5. The van der Waals surface area contributed by atoms with Crippen LogP contribution in [-0.2, 0) is 4.79 Å². The number of rotatable bonds is 10. The van der Waals surface area contributed by atoms with Gasteiger partial charge in [-0.1, -0.05) is 36.4 Å². The molecule has 1 fully saturated rings. The predicted molar refractivity (Wildman–Crippen MR) is 121 cm³/mol. The maximum absolute atomic E-state index is 12.3. The average molecular weight is 441 g/mol. The van der Waals surface area contributed by atoms with Gasteiger partial charge < -0.3 is 15.6 Å². The molecule has 0 spiro atoms. The van der Waals surface area contributed by atoms with E-state index in [9.17, 15) is 14.8 Å². The van der Waals surface area contributed by atoms with Crippen molar-refractivity contribution in [2.75, 3.05) is 11.9 Å². The Balaban J connectivity index is 1.63. The van der Waals surface area contributed by atoms with Crippen LogP contribution in [0, 0.1) is 0 Å². The van der Waals surface area contributed by atoms with Gasteiger partial charge in [0.2, 0.25) is 5.91 Å². The number of hydroxylamine groups is 1. The van der Waals surface area contributed by atoms with Crippen molar-refractivity contribution in [2.45, 2.75) is 31.1 Å². The molecule has 31 heavy (non-hydrogen) atoms. The highest BCUT2D eigenvalue weighted by molar-refractivity contribution is 6.30. The Labute approximate surface area is 186 Å². The second kappa shape index (κ2) is 10.4. The van der Waals surface area contributed by atoms with Crippen LogP contribution < -0.4 is 10.8 Å². The number of benzene rings is 2. The highest BCUT2D eigenvalue weighted by Gasteiger charge is 2.28. The SMILES string of the molecule is C=C(C=CC(CNO)c1cc(Cl)ccc1C1CC1)CC(=O)Nc1ccc(C(=O)O)cc1. The summed E-state index contributed by atoms with van der Waals surface area (Å²) < 4.78 is 0. The number of carbonyl (C=O) groups is 2. The first-order chi connectivity index (χ1) is 14.9. The van der Waals surface area contributed by atoms with Crippen molar-refractivity contribution in [2.24, 2.45) is 0 Å². The lowest BCUT2D eigenvalue weighted by Crippen LogP contribution is -2.17. The van der Waals surface area contributed by atoms with Crippen LogP contribution in [0.25, 0.3) is 0 Å². The van der Waals surface area contributed by atoms with Crippen molar-refractivity contribution in [3.63, 3.8) is 0 Å². The summed E-state index contributed by atoms with van der Waals surface area (Å²) in [6.45, 7) is 4.26. The number of carbonyl (C=O) groups excluding carboxylic acids is 1. The third kappa shape index (κ3) is 6.52. The molecule has 0 radical (unpaired) electrons. The zero-order valence-corrected chi connectivity index (χ0v) is 17.7. The van der Waals surface area contributed by atoms with E-state index in [4.69, 9.17) is 16.7 Å². The fraction of sp³-hybridized carbons (Fsp3) is 0.250. The van der Waals surface area contributed by atoms with E-state index < -0.39 is 5.97 Å². The van der Waals surface area contributed by atoms with Crippen molar-refractivity contribution in [3.05, 3.63) is 88.5 Å². The van der Waals surface area contributed by atoms with Gasteiger partial charge in [-0.05, 0) is 71.9 Å². The molecule has 1 unspecified atom stereocenters. The lowest BCUT2D eigenvalue weighted by atomic mass is 9.91. The topological polar surface area (TPSA) is 98.7 Å². The van der Waals surface area contributed by atoms with E-state index in [-0.39, 0.29) is 23.8 Å². The van der Waals surface area contributed by atoms with Crippen LogP contribution in [0.2, 0.25) is 5.02 Å². The third-order valence-corrected chi connectivity index (χ3v) is 5.38. The molecule has 0 aliphatic heterocycles. The number of anilines is 1. The molecule has 0 heterocycles. The molecule has 2 aromatic rings. The van der Waals surface area contributed by atoms with Crippen molar-refractivity contribution in [1.82, 2.24) is 5.48 Å². The molecule has 1 aliphatic rings. The minimum atomic E-state index is -1.02. The molecular formula is C24H25ClN2O4. The summed E-state index contributed by atoms with van der Waals surface area (Å²) in [7, 11) is 0. The van der Waals surface area contributed by atoms with Crippen molar-refractivity contribution < 1.29 is 19.9 Å². The molecule has 4 N–H and O–H groups in total. The maximum Gasteiger partial charge on any atom is 0.335 e. The van der Waals surface area contributed by atoms with Gasteiger partial charge in [0.1, 0.15) is 0 Å². The molecule has 162 valence electrons. The van der Waals surface area contributed by atoms with Gasteiger partial charge in [0.25, 0.3) is 0 Å². The molecule has 1 atom stereocenters. The molecule has 2 aromatic carbocycles. The first-order valence-electron chi connectivity index (χ1n) is 10.0. The van der Waals surface area contributed by atoms with E-state index in [1.807, 2.05) is 24.3 Å². The second-order valence-corrected chi connectivity index (χ2v) is 8.08. The maximum atomic E-state index is 12.3. The van der Waals surface area contributed by atoms with Crippen LogP contribution in [0.15, 0.2) is 66.8 Å². The van der Waals surface area contributed by atoms with Gasteiger partial charge >= 0.3 is 5.97 Å². The van der Waals surface area contributed by atoms with Crippen molar-refractivity contribution in [1.29, 1.82) is 0 Å². The van der Waals surface area contributed by atoms with Gasteiger partial charge in [0.05, 0.1) is 12.0 Å². The molecule has 1 aliphatic carbocycles. The number of hydrogen-bond donors (Lipinski definition) is 4. The molecule has 1 saturated carbocycles. The van der Waals surface area contributed by atoms with Crippen LogP contribution in [0.5, 0.6) is 0 Å². The average Bonchev–Trinajstić information content (AvgIpc) is 3.56. The number of aromatic carboxylic acids is 1. The van der Waals surface area contributed by atoms with Gasteiger partial charge in [-0.2, -0.15) is 0 Å². The standard InChI is InChI=1S/C24H25ClN2O4/c1-15(12-23(28)27-20-9-6-17(7-10-20)24(29)30)2-3-18(14-26-31)22-13-19(25)8-11-21(22)16-4-5-16/h2-3,6-11,13,16,18,26,31H,1,4-5,12,14H2,(H,27,28)(H,29,30). The first kappa shape index (κ1) is 22.7. The van der Waals surface area contributed by atoms with Crippen molar-refractivity contribution in [3.8, 4) is 0 Å². The number of halogens is 1. The Bertz CT molecular complexity index is 997. The summed E-state index contributed by atoms with van der Waals surface area (Å²) in [6, 6.07) is 11.8. The largest absolute Gasteiger partial charge is 0.478 e. The normalized spacial score (nSPS) is 14.4. The number of allylic oxidation sites excluding steroid dienone is 1. The quantitative estimate of drug-likeness (QED) is 0.303. The predicted octanol–water partition coefficient (Wildman–Crippen LogP) is 5.12. The van der Waals surface area contributed by atoms with Gasteiger partial charge in [0, 0.05) is 23.2 Å². The van der Waals surface area contributed by atoms with Crippen LogP contribution in [0.4, 0.5) is 5.69 Å². The van der Waals surface area contributed by atoms with E-state index >= 15 is 0 Å². The number of amides is 1. The lowest BCUT2D eigenvalue weighted by Gasteiger charge is -2.17. The summed E-state index contributed by atoms with van der Waals surface area (Å²) in [5.74, 6) is -0.866. The van der Waals surface area contributed by atoms with Crippen LogP contribution in [0.1, 0.15) is 52.6 Å². The minimum Gasteiger partial charge on any atom is -0.478 e. The molecule has 0 saturated heterocycles. The van der Waals surface area contributed by atoms with E-state index in [0.29, 0.717) is 28.7 Å². The van der Waals surface area contributed by atoms with Crippen LogP contribution in [-0.4, -0.2) is 28.7 Å². The lowest BCUT2D eigenvalue weighted by molar-refractivity contribution is -0.115. The zero-order chi connectivity index (χ0) is 22.4. The summed E-state index contributed by atoms with van der Waals surface area (Å²) in [5, 5.41) is 21.6. The van der Waals surface area contributed by atoms with Crippen molar-refractivity contribution >= 4 is 29.2 Å². The number of hydrogen-bond acceptors (Lipinski definition) is 4. The number of carboxylic acids is 1. The van der Waals surface area contributed by atoms with Crippen LogP contribution in [0.3, 0.4) is 0 Å². The van der Waals surface area contributed by atoms with E-state index in [2.05, 4.69) is 17.4 Å². The summed E-state index contributed by atoms with van der Waals surface area (Å²) in [5.41, 5.74) is 5.81. The Morgan fingerprint density at radius 1 is 1.19 bits per heavy atom. The van der Waals surface area contributed by atoms with E-state index in [0.717, 1.165) is 18.4 Å². The Morgan fingerprint density at radius 2 is 1.90 bits per heavy atom. The summed E-state index contributed by atoms with van der Waals surface area (Å²) in [4.78, 5) is 23.2. The minimum absolute atomic E-state index is 0.0848. The fourth-order valence-corrected chi connectivity index (χ4v) is 3.61. The summed E-state index contributed by atoms with van der Waals surface area (Å²) >= 11 is 6.21. The Morgan fingerprint density at radius 3 is 2.52 bits per heavy atom. The smallest absolute Gasteiger partial charge is 0.335 e. The number of nitrogens with one attached hydrogen (secondary N) is 2. The molecule has 7 heteroatoms. The van der Waals surface area contributed by atoms with Gasteiger partial charge in [-0.15, -0.1) is 0 Å². The molecule has 3 rings (SSSR count). The molecule has 1 amide bonds. The second-order valence-electron chi connectivity index (χ2n) is 7.64. The van der Waals surface area contributed by atoms with Crippen LogP contribution >= 0.6 is 11.6 Å². The first-order valence-corrected chi connectivity index (χ1v) is 10.4. The zero-order valence-electron chi connectivity index (χ0n) is 17.0. The fourth-order valence-electron chi connectivity index (χ4n) is 3.43. The molecule has 0 aromatic heterocycles.